The number of aromatic nitrogens is 4. The van der Waals surface area contributed by atoms with Crippen LogP contribution in [0.1, 0.15) is 17.1 Å². The summed E-state index contributed by atoms with van der Waals surface area (Å²) in [6, 6.07) is 14.2. The highest BCUT2D eigenvalue weighted by atomic mass is 32.2. The van der Waals surface area contributed by atoms with Crippen LogP contribution in [0.3, 0.4) is 0 Å². The number of thioether (sulfide) groups is 1. The molecule has 8 heteroatoms. The SMILES string of the molecule is COc1ccc(-c2nc(CSc3nnc(C)n3-c3cccc(C)c3)cs2)cc1OC. The van der Waals surface area contributed by atoms with Crippen LogP contribution in [0.15, 0.2) is 53.0 Å². The number of benzene rings is 2. The fourth-order valence-corrected chi connectivity index (χ4v) is 4.93. The van der Waals surface area contributed by atoms with Crippen LogP contribution < -0.4 is 9.47 Å². The van der Waals surface area contributed by atoms with E-state index in [1.54, 1.807) is 37.3 Å². The first-order chi connectivity index (χ1) is 14.6. The number of thiazole rings is 1. The summed E-state index contributed by atoms with van der Waals surface area (Å²) < 4.78 is 12.8. The van der Waals surface area contributed by atoms with E-state index in [4.69, 9.17) is 14.5 Å². The third kappa shape index (κ3) is 4.20. The van der Waals surface area contributed by atoms with Crippen molar-refractivity contribution in [3.8, 4) is 27.8 Å². The van der Waals surface area contributed by atoms with Gasteiger partial charge in [0.05, 0.1) is 19.9 Å². The summed E-state index contributed by atoms with van der Waals surface area (Å²) in [7, 11) is 3.27. The molecule has 2 heterocycles. The van der Waals surface area contributed by atoms with Gasteiger partial charge >= 0.3 is 0 Å². The van der Waals surface area contributed by atoms with Crippen molar-refractivity contribution in [3.63, 3.8) is 0 Å². The number of nitrogens with zero attached hydrogens (tertiary/aromatic N) is 4. The molecule has 30 heavy (non-hydrogen) atoms. The van der Waals surface area contributed by atoms with Gasteiger partial charge in [-0.3, -0.25) is 4.57 Å². The van der Waals surface area contributed by atoms with Gasteiger partial charge < -0.3 is 9.47 Å². The highest BCUT2D eigenvalue weighted by molar-refractivity contribution is 7.98. The molecule has 0 atom stereocenters. The minimum atomic E-state index is 0.697. The molecule has 0 amide bonds. The highest BCUT2D eigenvalue weighted by Gasteiger charge is 2.14. The standard InChI is InChI=1S/C22H22N4O2S2/c1-14-6-5-7-18(10-14)26-15(2)24-25-22(26)30-13-17-12-29-21(23-17)16-8-9-19(27-3)20(11-16)28-4/h5-12H,13H2,1-4H3. The van der Waals surface area contributed by atoms with E-state index in [2.05, 4.69) is 45.3 Å². The van der Waals surface area contributed by atoms with Crippen LogP contribution in [0.25, 0.3) is 16.3 Å². The van der Waals surface area contributed by atoms with Crippen LogP contribution in [0.4, 0.5) is 0 Å². The Morgan fingerprint density at radius 2 is 1.83 bits per heavy atom. The second-order valence-electron chi connectivity index (χ2n) is 6.71. The van der Waals surface area contributed by atoms with Gasteiger partial charge in [-0.2, -0.15) is 0 Å². The number of hydrogen-bond acceptors (Lipinski definition) is 7. The smallest absolute Gasteiger partial charge is 0.196 e. The Balaban J connectivity index is 1.52. The summed E-state index contributed by atoms with van der Waals surface area (Å²) in [5, 5.41) is 12.5. The van der Waals surface area contributed by atoms with Crippen molar-refractivity contribution >= 4 is 23.1 Å². The second-order valence-corrected chi connectivity index (χ2v) is 8.51. The van der Waals surface area contributed by atoms with E-state index in [9.17, 15) is 0 Å². The van der Waals surface area contributed by atoms with Gasteiger partial charge in [-0.25, -0.2) is 4.98 Å². The average Bonchev–Trinajstić information content (AvgIpc) is 3.38. The van der Waals surface area contributed by atoms with Crippen molar-refractivity contribution < 1.29 is 9.47 Å². The van der Waals surface area contributed by atoms with Gasteiger partial charge in [-0.15, -0.1) is 21.5 Å². The van der Waals surface area contributed by atoms with Crippen LogP contribution in [0, 0.1) is 13.8 Å². The lowest BCUT2D eigenvalue weighted by Gasteiger charge is -2.09. The number of aryl methyl sites for hydroxylation is 2. The molecule has 0 N–H and O–H groups in total. The monoisotopic (exact) mass is 438 g/mol. The lowest BCUT2D eigenvalue weighted by molar-refractivity contribution is 0.355. The Hall–Kier alpha value is -2.84. The maximum atomic E-state index is 5.41. The molecular weight excluding hydrogens is 416 g/mol. The van der Waals surface area contributed by atoms with E-state index in [1.807, 2.05) is 31.2 Å². The zero-order valence-electron chi connectivity index (χ0n) is 17.2. The Morgan fingerprint density at radius 1 is 1.00 bits per heavy atom. The maximum Gasteiger partial charge on any atom is 0.196 e. The molecule has 0 radical (unpaired) electrons. The second kappa shape index (κ2) is 8.89. The topological polar surface area (TPSA) is 62.1 Å². The zero-order chi connectivity index (χ0) is 21.1. The van der Waals surface area contributed by atoms with Gasteiger partial charge in [0.2, 0.25) is 0 Å². The first-order valence-electron chi connectivity index (χ1n) is 9.37. The van der Waals surface area contributed by atoms with E-state index in [0.29, 0.717) is 17.3 Å². The van der Waals surface area contributed by atoms with E-state index in [1.165, 1.54) is 5.56 Å². The molecule has 0 saturated carbocycles. The number of ether oxygens (including phenoxy) is 2. The summed E-state index contributed by atoms with van der Waals surface area (Å²) in [6.45, 7) is 4.05. The third-order valence-electron chi connectivity index (χ3n) is 4.59. The minimum Gasteiger partial charge on any atom is -0.493 e. The molecule has 154 valence electrons. The minimum absolute atomic E-state index is 0.697. The first-order valence-corrected chi connectivity index (χ1v) is 11.2. The van der Waals surface area contributed by atoms with Crippen molar-refractivity contribution in [1.29, 1.82) is 0 Å². The summed E-state index contributed by atoms with van der Waals surface area (Å²) in [6.07, 6.45) is 0. The Kier molecular flexibility index (Phi) is 6.06. The molecule has 0 fully saturated rings. The van der Waals surface area contributed by atoms with Crippen LogP contribution >= 0.6 is 23.1 Å². The predicted octanol–water partition coefficient (Wildman–Crippen LogP) is 5.32. The molecule has 4 rings (SSSR count). The summed E-state index contributed by atoms with van der Waals surface area (Å²) in [4.78, 5) is 4.79. The van der Waals surface area contributed by atoms with Crippen molar-refractivity contribution in [2.75, 3.05) is 14.2 Å². The van der Waals surface area contributed by atoms with E-state index in [0.717, 1.165) is 32.9 Å². The lowest BCUT2D eigenvalue weighted by atomic mass is 10.2. The number of rotatable bonds is 7. The van der Waals surface area contributed by atoms with E-state index in [-0.39, 0.29) is 0 Å². The van der Waals surface area contributed by atoms with Gasteiger partial charge in [0.25, 0.3) is 0 Å². The Bertz CT molecular complexity index is 1170. The third-order valence-corrected chi connectivity index (χ3v) is 6.49. The van der Waals surface area contributed by atoms with Crippen LogP contribution in [-0.2, 0) is 5.75 Å². The molecule has 2 aromatic heterocycles. The molecule has 0 bridgehead atoms. The van der Waals surface area contributed by atoms with Crippen molar-refractivity contribution in [2.24, 2.45) is 0 Å². The molecule has 0 spiro atoms. The van der Waals surface area contributed by atoms with Crippen molar-refractivity contribution in [1.82, 2.24) is 19.7 Å². The largest absolute Gasteiger partial charge is 0.493 e. The Labute approximate surface area is 183 Å². The summed E-state index contributed by atoms with van der Waals surface area (Å²) in [5.41, 5.74) is 4.29. The van der Waals surface area contributed by atoms with E-state index >= 15 is 0 Å². The van der Waals surface area contributed by atoms with Crippen LogP contribution in [0.5, 0.6) is 11.5 Å². The normalized spacial score (nSPS) is 10.9. The molecule has 0 aliphatic rings. The lowest BCUT2D eigenvalue weighted by Crippen LogP contribution is -1.99. The van der Waals surface area contributed by atoms with Crippen LogP contribution in [-0.4, -0.2) is 34.0 Å². The zero-order valence-corrected chi connectivity index (χ0v) is 18.9. The maximum absolute atomic E-state index is 5.41. The van der Waals surface area contributed by atoms with Gasteiger partial charge in [0.15, 0.2) is 16.7 Å². The van der Waals surface area contributed by atoms with Gasteiger partial charge in [-0.1, -0.05) is 23.9 Å². The molecule has 0 saturated heterocycles. The van der Waals surface area contributed by atoms with Gasteiger partial charge in [0.1, 0.15) is 10.8 Å². The van der Waals surface area contributed by atoms with Crippen LogP contribution in [0.2, 0.25) is 0 Å². The molecule has 0 aliphatic heterocycles. The Morgan fingerprint density at radius 3 is 2.60 bits per heavy atom. The fourth-order valence-electron chi connectivity index (χ4n) is 3.11. The van der Waals surface area contributed by atoms with Gasteiger partial charge in [0, 0.05) is 22.4 Å². The first kappa shape index (κ1) is 20.4. The number of methoxy groups -OCH3 is 2. The molecule has 2 aromatic carbocycles. The predicted molar refractivity (Wildman–Crippen MR) is 121 cm³/mol. The van der Waals surface area contributed by atoms with Crippen molar-refractivity contribution in [2.45, 2.75) is 24.8 Å². The highest BCUT2D eigenvalue weighted by Crippen LogP contribution is 2.34. The van der Waals surface area contributed by atoms with Crippen molar-refractivity contribution in [3.05, 3.63) is 64.9 Å². The molecule has 0 unspecified atom stereocenters. The van der Waals surface area contributed by atoms with Gasteiger partial charge in [-0.05, 0) is 49.7 Å². The quantitative estimate of drug-likeness (QED) is 0.364. The summed E-state index contributed by atoms with van der Waals surface area (Å²) >= 11 is 3.25. The molecular formula is C22H22N4O2S2. The average molecular weight is 439 g/mol. The molecule has 0 aliphatic carbocycles. The fraction of sp³-hybridized carbons (Fsp3) is 0.227. The number of hydrogen-bond donors (Lipinski definition) is 0. The molecule has 6 nitrogen and oxygen atoms in total. The van der Waals surface area contributed by atoms with E-state index < -0.39 is 0 Å². The summed E-state index contributed by atoms with van der Waals surface area (Å²) in [5.74, 6) is 2.99. The molecule has 4 aromatic rings.